The highest BCUT2D eigenvalue weighted by Gasteiger charge is 2.19. The Labute approximate surface area is 335 Å². The van der Waals surface area contributed by atoms with Crippen molar-refractivity contribution in [2.45, 2.75) is 0 Å². The van der Waals surface area contributed by atoms with Crippen molar-refractivity contribution in [1.29, 1.82) is 0 Å². The van der Waals surface area contributed by atoms with E-state index in [1.165, 1.54) is 131 Å². The smallest absolute Gasteiger partial charge is 0.00206 e. The van der Waals surface area contributed by atoms with E-state index in [9.17, 15) is 0 Å². The van der Waals surface area contributed by atoms with Gasteiger partial charge in [0.25, 0.3) is 0 Å². The summed E-state index contributed by atoms with van der Waals surface area (Å²) in [6, 6.07) is 77.4. The summed E-state index contributed by atoms with van der Waals surface area (Å²) in [5.41, 5.74) is 9.92. The molecule has 13 aromatic rings. The summed E-state index contributed by atoms with van der Waals surface area (Å²) >= 11 is 0. The highest BCUT2D eigenvalue weighted by molar-refractivity contribution is 6.28. The van der Waals surface area contributed by atoms with Gasteiger partial charge >= 0.3 is 0 Å². The van der Waals surface area contributed by atoms with Crippen LogP contribution in [0.25, 0.3) is 131 Å². The third-order valence-corrected chi connectivity index (χ3v) is 12.9. The summed E-state index contributed by atoms with van der Waals surface area (Å²) in [6.45, 7) is 0. The molecule has 0 fully saturated rings. The third kappa shape index (κ3) is 4.52. The summed E-state index contributed by atoms with van der Waals surface area (Å²) in [5, 5.41) is 20.7. The van der Waals surface area contributed by atoms with E-state index in [-0.39, 0.29) is 0 Å². The standard InChI is InChI=1S/C58H34/c1-2-9-35(10-3-1)45-17-8-18-47-52(45)33-44(34-54(47)49-28-24-41-22-20-37-13-7-15-39-26-30-51(49)58(41)56(37)39)43-31-42-11-4-5-16-46(42)53(32-43)48-27-23-40-21-19-36-12-6-14-38-25-29-50(48)57(40)55(36)38/h1-34H. The number of hydrogen-bond acceptors (Lipinski definition) is 0. The van der Waals surface area contributed by atoms with Gasteiger partial charge in [-0.1, -0.05) is 182 Å². The van der Waals surface area contributed by atoms with Gasteiger partial charge in [0.2, 0.25) is 0 Å². The quantitative estimate of drug-likeness (QED) is 0.158. The van der Waals surface area contributed by atoms with Crippen molar-refractivity contribution in [3.8, 4) is 44.5 Å². The van der Waals surface area contributed by atoms with Crippen molar-refractivity contribution < 1.29 is 0 Å². The highest BCUT2D eigenvalue weighted by atomic mass is 14.2. The molecule has 13 aromatic carbocycles. The van der Waals surface area contributed by atoms with Crippen molar-refractivity contribution in [1.82, 2.24) is 0 Å². The van der Waals surface area contributed by atoms with Crippen LogP contribution in [0.5, 0.6) is 0 Å². The molecule has 0 N–H and O–H groups in total. The molecule has 0 heteroatoms. The van der Waals surface area contributed by atoms with Crippen molar-refractivity contribution in [2.24, 2.45) is 0 Å². The maximum absolute atomic E-state index is 2.46. The van der Waals surface area contributed by atoms with Crippen LogP contribution in [0.3, 0.4) is 0 Å². The van der Waals surface area contributed by atoms with Gasteiger partial charge in [-0.3, -0.25) is 0 Å². The Hall–Kier alpha value is -7.54. The van der Waals surface area contributed by atoms with E-state index in [1.807, 2.05) is 0 Å². The van der Waals surface area contributed by atoms with Crippen LogP contribution in [-0.2, 0) is 0 Å². The zero-order chi connectivity index (χ0) is 37.9. The van der Waals surface area contributed by atoms with Gasteiger partial charge in [0, 0.05) is 0 Å². The molecule has 0 spiro atoms. The fraction of sp³-hybridized carbons (Fsp3) is 0. The molecular formula is C58H34. The molecule has 0 heterocycles. The van der Waals surface area contributed by atoms with E-state index in [2.05, 4.69) is 206 Å². The average molecular weight is 731 g/mol. The largest absolute Gasteiger partial charge is 0.0622 e. The molecule has 0 atom stereocenters. The predicted molar refractivity (Wildman–Crippen MR) is 251 cm³/mol. The van der Waals surface area contributed by atoms with Crippen LogP contribution in [-0.4, -0.2) is 0 Å². The lowest BCUT2D eigenvalue weighted by Crippen LogP contribution is -1.92. The van der Waals surface area contributed by atoms with E-state index in [0.717, 1.165) is 0 Å². The molecule has 0 aliphatic rings. The summed E-state index contributed by atoms with van der Waals surface area (Å²) < 4.78 is 0. The van der Waals surface area contributed by atoms with Crippen LogP contribution in [0.1, 0.15) is 0 Å². The fourth-order valence-corrected chi connectivity index (χ4v) is 10.3. The molecule has 0 aliphatic carbocycles. The zero-order valence-corrected chi connectivity index (χ0v) is 31.6. The Morgan fingerprint density at radius 1 is 0.172 bits per heavy atom. The maximum Gasteiger partial charge on any atom is -0.00206 e. The van der Waals surface area contributed by atoms with Crippen molar-refractivity contribution in [3.63, 3.8) is 0 Å². The van der Waals surface area contributed by atoms with Crippen molar-refractivity contribution in [3.05, 3.63) is 206 Å². The van der Waals surface area contributed by atoms with E-state index in [0.29, 0.717) is 0 Å². The van der Waals surface area contributed by atoms with Gasteiger partial charge in [-0.05, 0) is 155 Å². The van der Waals surface area contributed by atoms with Crippen LogP contribution in [0, 0.1) is 0 Å². The van der Waals surface area contributed by atoms with Crippen LogP contribution in [0.4, 0.5) is 0 Å². The highest BCUT2D eigenvalue weighted by Crippen LogP contribution is 2.46. The first kappa shape index (κ1) is 31.6. The van der Waals surface area contributed by atoms with E-state index < -0.39 is 0 Å². The van der Waals surface area contributed by atoms with Gasteiger partial charge in [-0.2, -0.15) is 0 Å². The first-order valence-electron chi connectivity index (χ1n) is 20.2. The monoisotopic (exact) mass is 730 g/mol. The molecule has 0 aromatic heterocycles. The van der Waals surface area contributed by atoms with Crippen LogP contribution in [0.2, 0.25) is 0 Å². The molecule has 0 amide bonds. The van der Waals surface area contributed by atoms with Crippen LogP contribution in [0.15, 0.2) is 206 Å². The van der Waals surface area contributed by atoms with Gasteiger partial charge in [0.15, 0.2) is 0 Å². The predicted octanol–water partition coefficient (Wildman–Crippen LogP) is 16.5. The number of fused-ring (bicyclic) bond motifs is 2. The molecule has 0 aliphatic heterocycles. The average Bonchev–Trinajstić information content (AvgIpc) is 3.29. The summed E-state index contributed by atoms with van der Waals surface area (Å²) in [6.07, 6.45) is 0. The van der Waals surface area contributed by atoms with Crippen LogP contribution < -0.4 is 0 Å². The topological polar surface area (TPSA) is 0 Å². The first-order chi connectivity index (χ1) is 28.7. The lowest BCUT2D eigenvalue weighted by Gasteiger charge is -2.19. The Kier molecular flexibility index (Phi) is 6.54. The van der Waals surface area contributed by atoms with Gasteiger partial charge in [0.1, 0.15) is 0 Å². The molecule has 0 bridgehead atoms. The molecular weight excluding hydrogens is 697 g/mol. The molecule has 0 saturated carbocycles. The molecule has 0 unspecified atom stereocenters. The normalized spacial score (nSPS) is 12.1. The minimum Gasteiger partial charge on any atom is -0.0622 e. The summed E-state index contributed by atoms with van der Waals surface area (Å²) in [5.74, 6) is 0. The Bertz CT molecular complexity index is 3740. The molecule has 266 valence electrons. The first-order valence-corrected chi connectivity index (χ1v) is 20.2. The zero-order valence-electron chi connectivity index (χ0n) is 31.6. The number of benzene rings is 13. The van der Waals surface area contributed by atoms with Gasteiger partial charge in [-0.15, -0.1) is 0 Å². The fourth-order valence-electron chi connectivity index (χ4n) is 10.3. The molecule has 0 nitrogen and oxygen atoms in total. The maximum atomic E-state index is 2.46. The van der Waals surface area contributed by atoms with Crippen molar-refractivity contribution in [2.75, 3.05) is 0 Å². The van der Waals surface area contributed by atoms with E-state index in [1.54, 1.807) is 0 Å². The summed E-state index contributed by atoms with van der Waals surface area (Å²) in [7, 11) is 0. The van der Waals surface area contributed by atoms with Gasteiger partial charge < -0.3 is 0 Å². The second-order valence-corrected chi connectivity index (χ2v) is 16.0. The minimum absolute atomic E-state index is 1.21. The second-order valence-electron chi connectivity index (χ2n) is 16.0. The Morgan fingerprint density at radius 3 is 1.24 bits per heavy atom. The van der Waals surface area contributed by atoms with E-state index >= 15 is 0 Å². The third-order valence-electron chi connectivity index (χ3n) is 12.9. The Morgan fingerprint density at radius 2 is 0.621 bits per heavy atom. The molecule has 0 saturated heterocycles. The van der Waals surface area contributed by atoms with E-state index in [4.69, 9.17) is 0 Å². The number of hydrogen-bond donors (Lipinski definition) is 0. The molecule has 58 heavy (non-hydrogen) atoms. The van der Waals surface area contributed by atoms with Gasteiger partial charge in [-0.25, -0.2) is 0 Å². The van der Waals surface area contributed by atoms with Gasteiger partial charge in [0.05, 0.1) is 0 Å². The Balaban J connectivity index is 1.12. The minimum atomic E-state index is 1.21. The molecule has 13 rings (SSSR count). The SMILES string of the molecule is c1ccc(-c2cccc3c(-c4ccc5ccc6cccc7ccc4c5c67)cc(-c4cc(-c5ccc6ccc7cccc8ccc5c6c78)c5ccccc5c4)cc23)cc1. The number of rotatable bonds is 4. The van der Waals surface area contributed by atoms with Crippen LogP contribution >= 0.6 is 0 Å². The van der Waals surface area contributed by atoms with Crippen molar-refractivity contribution >= 4 is 86.2 Å². The lowest BCUT2D eigenvalue weighted by molar-refractivity contribution is 1.62. The lowest BCUT2D eigenvalue weighted by atomic mass is 9.84. The molecule has 0 radical (unpaired) electrons. The summed E-state index contributed by atoms with van der Waals surface area (Å²) in [4.78, 5) is 0. The second kappa shape index (κ2) is 12.0.